The second-order valence-electron chi connectivity index (χ2n) is 5.62. The maximum atomic E-state index is 9.43. The summed E-state index contributed by atoms with van der Waals surface area (Å²) >= 11 is 0. The Labute approximate surface area is 97.5 Å². The number of benzene rings is 1. The van der Waals surface area contributed by atoms with Crippen molar-refractivity contribution in [2.45, 2.75) is 38.0 Å². The Kier molecular flexibility index (Phi) is 2.32. The zero-order chi connectivity index (χ0) is 11.2. The highest BCUT2D eigenvalue weighted by Gasteiger charge is 2.60. The third-order valence-corrected chi connectivity index (χ3v) is 4.80. The van der Waals surface area contributed by atoms with E-state index >= 15 is 0 Å². The lowest BCUT2D eigenvalue weighted by Crippen LogP contribution is -2.29. The van der Waals surface area contributed by atoms with Crippen molar-refractivity contribution < 1.29 is 5.11 Å². The van der Waals surface area contributed by atoms with Crippen LogP contribution in [0.3, 0.4) is 0 Å². The van der Waals surface area contributed by atoms with Crippen molar-refractivity contribution in [2.24, 2.45) is 11.8 Å². The third kappa shape index (κ3) is 1.34. The van der Waals surface area contributed by atoms with Crippen molar-refractivity contribution in [3.05, 3.63) is 35.4 Å². The van der Waals surface area contributed by atoms with Crippen LogP contribution in [0.25, 0.3) is 0 Å². The molecule has 0 saturated heterocycles. The van der Waals surface area contributed by atoms with E-state index in [1.54, 1.807) is 0 Å². The van der Waals surface area contributed by atoms with E-state index in [1.165, 1.54) is 36.8 Å². The number of rotatable bonds is 3. The normalized spacial score (nSPS) is 33.5. The van der Waals surface area contributed by atoms with Crippen LogP contribution in [-0.2, 0) is 5.41 Å². The molecule has 0 aromatic heterocycles. The van der Waals surface area contributed by atoms with Gasteiger partial charge in [0, 0.05) is 12.0 Å². The molecule has 1 heteroatoms. The van der Waals surface area contributed by atoms with Gasteiger partial charge in [-0.25, -0.2) is 0 Å². The van der Waals surface area contributed by atoms with Crippen molar-refractivity contribution in [1.29, 1.82) is 0 Å². The molecule has 1 nitrogen and oxygen atoms in total. The molecule has 2 fully saturated rings. The molecule has 2 aliphatic rings. The molecule has 2 atom stereocenters. The molecule has 1 N–H and O–H groups in total. The molecule has 0 spiro atoms. The minimum absolute atomic E-state index is 0.348. The van der Waals surface area contributed by atoms with Crippen molar-refractivity contribution in [3.63, 3.8) is 0 Å². The van der Waals surface area contributed by atoms with E-state index < -0.39 is 0 Å². The number of aliphatic hydroxyl groups is 1. The summed E-state index contributed by atoms with van der Waals surface area (Å²) in [5, 5.41) is 9.43. The molecule has 0 heterocycles. The number of aliphatic hydroxyl groups excluding tert-OH is 1. The van der Waals surface area contributed by atoms with Crippen molar-refractivity contribution in [3.8, 4) is 0 Å². The fourth-order valence-electron chi connectivity index (χ4n) is 3.45. The SMILES string of the molecule is Cc1ccc(C2(C3CCC3)CC2CO)cc1. The van der Waals surface area contributed by atoms with Gasteiger partial charge in [-0.1, -0.05) is 36.2 Å². The van der Waals surface area contributed by atoms with Gasteiger partial charge < -0.3 is 5.11 Å². The number of hydrogen-bond donors (Lipinski definition) is 1. The Hall–Kier alpha value is -0.820. The van der Waals surface area contributed by atoms with Crippen LogP contribution in [0.15, 0.2) is 24.3 Å². The summed E-state index contributed by atoms with van der Waals surface area (Å²) in [4.78, 5) is 0. The van der Waals surface area contributed by atoms with Gasteiger partial charge in [-0.2, -0.15) is 0 Å². The van der Waals surface area contributed by atoms with Gasteiger partial charge in [0.15, 0.2) is 0 Å². The topological polar surface area (TPSA) is 20.2 Å². The zero-order valence-electron chi connectivity index (χ0n) is 9.95. The summed E-state index contributed by atoms with van der Waals surface area (Å²) in [6.07, 6.45) is 5.32. The van der Waals surface area contributed by atoms with E-state index in [4.69, 9.17) is 0 Å². The van der Waals surface area contributed by atoms with Crippen molar-refractivity contribution in [1.82, 2.24) is 0 Å². The summed E-state index contributed by atoms with van der Waals surface area (Å²) in [7, 11) is 0. The van der Waals surface area contributed by atoms with Crippen molar-refractivity contribution in [2.75, 3.05) is 6.61 Å². The molecule has 1 aromatic rings. The van der Waals surface area contributed by atoms with Gasteiger partial charge in [-0.15, -0.1) is 0 Å². The lowest BCUT2D eigenvalue weighted by molar-refractivity contribution is 0.197. The maximum Gasteiger partial charge on any atom is 0.0468 e. The first-order chi connectivity index (χ1) is 7.77. The third-order valence-electron chi connectivity index (χ3n) is 4.80. The van der Waals surface area contributed by atoms with Crippen LogP contribution in [0, 0.1) is 18.8 Å². The van der Waals surface area contributed by atoms with Crippen molar-refractivity contribution >= 4 is 0 Å². The second-order valence-corrected chi connectivity index (χ2v) is 5.62. The van der Waals surface area contributed by atoms with E-state index in [-0.39, 0.29) is 0 Å². The highest BCUT2D eigenvalue weighted by Crippen LogP contribution is 2.63. The summed E-state index contributed by atoms with van der Waals surface area (Å²) in [6.45, 7) is 2.50. The molecule has 0 bridgehead atoms. The fourth-order valence-corrected chi connectivity index (χ4v) is 3.45. The average molecular weight is 216 g/mol. The van der Waals surface area contributed by atoms with Crippen LogP contribution in [0.5, 0.6) is 0 Å². The first-order valence-electron chi connectivity index (χ1n) is 6.45. The van der Waals surface area contributed by atoms with Crippen LogP contribution in [0.1, 0.15) is 36.8 Å². The van der Waals surface area contributed by atoms with Crippen LogP contribution in [-0.4, -0.2) is 11.7 Å². The Morgan fingerprint density at radius 2 is 1.94 bits per heavy atom. The van der Waals surface area contributed by atoms with Gasteiger partial charge in [0.2, 0.25) is 0 Å². The van der Waals surface area contributed by atoms with Gasteiger partial charge >= 0.3 is 0 Å². The van der Waals surface area contributed by atoms with Gasteiger partial charge in [-0.05, 0) is 43.6 Å². The number of hydrogen-bond acceptors (Lipinski definition) is 1. The van der Waals surface area contributed by atoms with E-state index in [9.17, 15) is 5.11 Å². The molecule has 0 radical (unpaired) electrons. The molecule has 16 heavy (non-hydrogen) atoms. The Balaban J connectivity index is 1.92. The molecule has 2 aliphatic carbocycles. The van der Waals surface area contributed by atoms with Gasteiger partial charge in [0.1, 0.15) is 0 Å². The molecular weight excluding hydrogens is 196 g/mol. The average Bonchev–Trinajstić information content (AvgIpc) is 2.92. The molecule has 2 saturated carbocycles. The van der Waals surface area contributed by atoms with Crippen LogP contribution in [0.2, 0.25) is 0 Å². The monoisotopic (exact) mass is 216 g/mol. The second kappa shape index (κ2) is 3.59. The van der Waals surface area contributed by atoms with Crippen LogP contribution < -0.4 is 0 Å². The molecule has 0 aliphatic heterocycles. The Bertz CT molecular complexity index is 377. The molecule has 2 unspecified atom stereocenters. The molecule has 1 aromatic carbocycles. The molecule has 0 amide bonds. The smallest absolute Gasteiger partial charge is 0.0468 e. The predicted molar refractivity (Wildman–Crippen MR) is 65.4 cm³/mol. The lowest BCUT2D eigenvalue weighted by Gasteiger charge is -2.35. The minimum Gasteiger partial charge on any atom is -0.396 e. The number of aryl methyl sites for hydroxylation is 1. The summed E-state index contributed by atoms with van der Waals surface area (Å²) < 4.78 is 0. The van der Waals surface area contributed by atoms with Crippen LogP contribution >= 0.6 is 0 Å². The van der Waals surface area contributed by atoms with E-state index in [1.807, 2.05) is 0 Å². The van der Waals surface area contributed by atoms with Gasteiger partial charge in [0.05, 0.1) is 0 Å². The lowest BCUT2D eigenvalue weighted by atomic mass is 9.69. The fraction of sp³-hybridized carbons (Fsp3) is 0.600. The van der Waals surface area contributed by atoms with Crippen LogP contribution in [0.4, 0.5) is 0 Å². The van der Waals surface area contributed by atoms with E-state index in [0.29, 0.717) is 17.9 Å². The predicted octanol–water partition coefficient (Wildman–Crippen LogP) is 3.05. The standard InChI is InChI=1S/C15H20O/c1-11-5-7-13(8-6-11)15(9-14(15)10-16)12-3-2-4-12/h5-8,12,14,16H,2-4,9-10H2,1H3. The van der Waals surface area contributed by atoms with E-state index in [2.05, 4.69) is 31.2 Å². The zero-order valence-corrected chi connectivity index (χ0v) is 9.95. The summed E-state index contributed by atoms with van der Waals surface area (Å²) in [5.41, 5.74) is 3.15. The largest absolute Gasteiger partial charge is 0.396 e. The highest BCUT2D eigenvalue weighted by molar-refractivity contribution is 5.37. The van der Waals surface area contributed by atoms with Gasteiger partial charge in [-0.3, -0.25) is 0 Å². The minimum atomic E-state index is 0.348. The maximum absolute atomic E-state index is 9.43. The Morgan fingerprint density at radius 1 is 1.25 bits per heavy atom. The first-order valence-corrected chi connectivity index (χ1v) is 6.45. The van der Waals surface area contributed by atoms with Gasteiger partial charge in [0.25, 0.3) is 0 Å². The Morgan fingerprint density at radius 3 is 2.38 bits per heavy atom. The first kappa shape index (κ1) is 10.3. The quantitative estimate of drug-likeness (QED) is 0.823. The molecule has 86 valence electrons. The summed E-state index contributed by atoms with van der Waals surface area (Å²) in [6, 6.07) is 8.98. The highest BCUT2D eigenvalue weighted by atomic mass is 16.3. The summed E-state index contributed by atoms with van der Waals surface area (Å²) in [5.74, 6) is 1.37. The molecular formula is C15H20O. The molecule has 3 rings (SSSR count). The van der Waals surface area contributed by atoms with E-state index in [0.717, 1.165) is 5.92 Å².